The molecule has 0 heterocycles. The van der Waals surface area contributed by atoms with E-state index >= 15 is 0 Å². The summed E-state index contributed by atoms with van der Waals surface area (Å²) < 4.78 is 8.55. The van der Waals surface area contributed by atoms with Crippen LogP contribution in [0.25, 0.3) is 0 Å². The van der Waals surface area contributed by atoms with Gasteiger partial charge in [-0.3, -0.25) is 0 Å². The molecule has 49 valence electrons. The first kappa shape index (κ1) is 22.6. The van der Waals surface area contributed by atoms with E-state index in [1.54, 1.807) is 0 Å². The van der Waals surface area contributed by atoms with Gasteiger partial charge in [-0.2, -0.15) is 7.82 Å². The molecule has 0 unspecified atom stereocenters. The molecule has 0 aromatic heterocycles. The van der Waals surface area contributed by atoms with E-state index < -0.39 is 7.82 Å². The van der Waals surface area contributed by atoms with Gasteiger partial charge in [0.1, 0.15) is 0 Å². The second-order valence-corrected chi connectivity index (χ2v) is 1.34. The van der Waals surface area contributed by atoms with Crippen LogP contribution >= 0.6 is 7.82 Å². The van der Waals surface area contributed by atoms with Crippen molar-refractivity contribution in [3.8, 4) is 0 Å². The van der Waals surface area contributed by atoms with Gasteiger partial charge in [0, 0.05) is 35.6 Å². The van der Waals surface area contributed by atoms with Crippen LogP contribution in [0.5, 0.6) is 0 Å². The van der Waals surface area contributed by atoms with E-state index in [1.807, 2.05) is 0 Å². The Morgan fingerprint density at radius 3 is 1.12 bits per heavy atom. The molecule has 0 spiro atoms. The van der Waals surface area contributed by atoms with E-state index in [-0.39, 0.29) is 52.7 Å². The van der Waals surface area contributed by atoms with Crippen molar-refractivity contribution < 1.29 is 71.9 Å². The fourth-order valence-electron chi connectivity index (χ4n) is 0. The summed E-state index contributed by atoms with van der Waals surface area (Å²) >= 11 is 0. The van der Waals surface area contributed by atoms with Crippen LogP contribution in [-0.2, 0) is 57.3 Å². The van der Waals surface area contributed by atoms with Crippen LogP contribution < -0.4 is 14.7 Å². The quantitative estimate of drug-likeness (QED) is 0.345. The number of hydrogen-bond donors (Lipinski definition) is 0. The smallest absolute Gasteiger partial charge is 0.822 e. The zero-order valence-electron chi connectivity index (χ0n) is 3.26. The van der Waals surface area contributed by atoms with Crippen molar-refractivity contribution >= 4 is 7.82 Å². The van der Waals surface area contributed by atoms with Gasteiger partial charge in [-0.05, 0) is 0 Å². The second-order valence-electron chi connectivity index (χ2n) is 0.447. The van der Waals surface area contributed by atoms with Crippen molar-refractivity contribution in [2.45, 2.75) is 0 Å². The molecule has 0 atom stereocenters. The van der Waals surface area contributed by atoms with Gasteiger partial charge in [0.15, 0.2) is 0 Å². The van der Waals surface area contributed by atoms with Crippen molar-refractivity contribution in [1.29, 1.82) is 0 Å². The van der Waals surface area contributed by atoms with Crippen LogP contribution in [0.3, 0.4) is 0 Å². The Balaban J connectivity index is -0.0000000267. The first-order valence-corrected chi connectivity index (χ1v) is 2.19. The molecule has 0 aliphatic carbocycles. The van der Waals surface area contributed by atoms with E-state index in [0.29, 0.717) is 0 Å². The van der Waals surface area contributed by atoms with Gasteiger partial charge in [0.05, 0.1) is 0 Å². The summed E-state index contributed by atoms with van der Waals surface area (Å²) in [6.07, 6.45) is 0. The SMILES string of the molecule is O=P([O-])([O-])[O-].[Fe+3].[Mn].[V]. The maximum absolute atomic E-state index is 8.55. The molecule has 0 amide bonds. The maximum Gasteiger partial charge on any atom is 3.00 e. The van der Waals surface area contributed by atoms with Crippen molar-refractivity contribution in [2.24, 2.45) is 0 Å². The summed E-state index contributed by atoms with van der Waals surface area (Å²) in [7, 11) is -5.39. The summed E-state index contributed by atoms with van der Waals surface area (Å²) in [6, 6.07) is 0. The Hall–Kier alpha value is 1.73. The van der Waals surface area contributed by atoms with Gasteiger partial charge >= 0.3 is 17.1 Å². The van der Waals surface area contributed by atoms with Crippen molar-refractivity contribution in [2.75, 3.05) is 0 Å². The Morgan fingerprint density at radius 1 is 1.12 bits per heavy atom. The van der Waals surface area contributed by atoms with Crippen LogP contribution in [-0.4, -0.2) is 0 Å². The zero-order valence-corrected chi connectivity index (χ0v) is 7.83. The van der Waals surface area contributed by atoms with Gasteiger partial charge < -0.3 is 19.2 Å². The summed E-state index contributed by atoms with van der Waals surface area (Å²) in [4.78, 5) is 25.6. The molecule has 0 fully saturated rings. The predicted octanol–water partition coefficient (Wildman–Crippen LogP) is -2.83. The molecular weight excluding hydrogens is 257 g/mol. The largest absolute Gasteiger partial charge is 3.00 e. The summed E-state index contributed by atoms with van der Waals surface area (Å²) in [5, 5.41) is 0. The Labute approximate surface area is 79.5 Å². The molecule has 0 aliphatic rings. The first-order valence-electron chi connectivity index (χ1n) is 0.730. The summed E-state index contributed by atoms with van der Waals surface area (Å²) in [5.41, 5.74) is 0. The van der Waals surface area contributed by atoms with Gasteiger partial charge in [-0.1, -0.05) is 0 Å². The predicted molar refractivity (Wildman–Crippen MR) is 7.61 cm³/mol. The average molecular weight is 257 g/mol. The third kappa shape index (κ3) is 117. The van der Waals surface area contributed by atoms with Crippen LogP contribution in [0.15, 0.2) is 0 Å². The van der Waals surface area contributed by atoms with Crippen LogP contribution in [0.1, 0.15) is 0 Å². The zero-order chi connectivity index (χ0) is 4.50. The molecule has 3 radical (unpaired) electrons. The molecule has 0 saturated heterocycles. The van der Waals surface area contributed by atoms with Crippen LogP contribution in [0.4, 0.5) is 0 Å². The Morgan fingerprint density at radius 2 is 1.12 bits per heavy atom. The van der Waals surface area contributed by atoms with Crippen molar-refractivity contribution in [1.82, 2.24) is 0 Å². The summed E-state index contributed by atoms with van der Waals surface area (Å²) in [6.45, 7) is 0. The molecule has 0 aliphatic heterocycles. The fourth-order valence-corrected chi connectivity index (χ4v) is 0. The molecule has 4 nitrogen and oxygen atoms in total. The molecule has 0 bridgehead atoms. The van der Waals surface area contributed by atoms with Gasteiger partial charge in [0.25, 0.3) is 0 Å². The molecule has 8 heteroatoms. The van der Waals surface area contributed by atoms with Crippen LogP contribution in [0.2, 0.25) is 0 Å². The molecule has 0 rings (SSSR count). The topological polar surface area (TPSA) is 86.2 Å². The van der Waals surface area contributed by atoms with E-state index in [4.69, 9.17) is 19.2 Å². The third-order valence-electron chi connectivity index (χ3n) is 0. The minimum Gasteiger partial charge on any atom is -0.822 e. The molecule has 0 aromatic rings. The first-order chi connectivity index (χ1) is 2.00. The normalized spacial score (nSPS) is 7.38. The van der Waals surface area contributed by atoms with E-state index in [0.717, 1.165) is 0 Å². The summed E-state index contributed by atoms with van der Waals surface area (Å²) in [5.74, 6) is 0. The number of phosphoric acid groups is 1. The van der Waals surface area contributed by atoms with E-state index in [1.165, 1.54) is 0 Å². The molecule has 8 heavy (non-hydrogen) atoms. The Bertz CT molecular complexity index is 62.2. The van der Waals surface area contributed by atoms with Gasteiger partial charge in [-0.25, -0.2) is 0 Å². The average Bonchev–Trinajstić information content (AvgIpc) is 0.722. The second kappa shape index (κ2) is 8.73. The van der Waals surface area contributed by atoms with Crippen molar-refractivity contribution in [3.63, 3.8) is 0 Å². The van der Waals surface area contributed by atoms with E-state index in [9.17, 15) is 0 Å². The van der Waals surface area contributed by atoms with Gasteiger partial charge in [0.2, 0.25) is 0 Å². The number of hydrogen-bond acceptors (Lipinski definition) is 4. The van der Waals surface area contributed by atoms with Gasteiger partial charge in [-0.15, -0.1) is 0 Å². The van der Waals surface area contributed by atoms with Crippen molar-refractivity contribution in [3.05, 3.63) is 0 Å². The number of rotatable bonds is 0. The Kier molecular flexibility index (Phi) is 24.7. The molecular formula is FeMnO4PV. The third-order valence-corrected chi connectivity index (χ3v) is 0. The van der Waals surface area contributed by atoms with E-state index in [2.05, 4.69) is 0 Å². The molecule has 0 N–H and O–H groups in total. The minimum absolute atomic E-state index is 0. The minimum atomic E-state index is -5.39. The standard InChI is InChI=1S/Fe.Mn.H3O4P.V/c;;1-5(2,3)4;/h;;(H3,1,2,3,4);/q+3;;;/p-3. The fraction of sp³-hybridized carbons (Fsp3) is 0. The molecule has 0 aromatic carbocycles. The van der Waals surface area contributed by atoms with Crippen LogP contribution in [0, 0.1) is 0 Å². The molecule has 0 saturated carbocycles. The maximum atomic E-state index is 8.55. The monoisotopic (exact) mass is 257 g/mol.